The van der Waals surface area contributed by atoms with Gasteiger partial charge in [-0.05, 0) is 19.8 Å². The Morgan fingerprint density at radius 3 is 2.89 bits per heavy atom. The molecule has 0 saturated heterocycles. The first-order chi connectivity index (χ1) is 9.28. The summed E-state index contributed by atoms with van der Waals surface area (Å²) in [5, 5.41) is 8.06. The third-order valence-corrected chi connectivity index (χ3v) is 3.80. The van der Waals surface area contributed by atoms with E-state index in [4.69, 9.17) is 10.8 Å². The average molecular weight is 259 g/mol. The third kappa shape index (κ3) is 2.42. The fourth-order valence-corrected chi connectivity index (χ4v) is 2.87. The number of hydrogen-bond acceptors (Lipinski definition) is 4. The fourth-order valence-electron chi connectivity index (χ4n) is 2.87. The van der Waals surface area contributed by atoms with Crippen molar-refractivity contribution in [2.45, 2.75) is 38.5 Å². The first kappa shape index (κ1) is 12.4. The quantitative estimate of drug-likeness (QED) is 0.882. The molecule has 1 saturated carbocycles. The van der Waals surface area contributed by atoms with Gasteiger partial charge in [-0.3, -0.25) is 0 Å². The number of hydrogen-bond donors (Lipinski definition) is 2. The monoisotopic (exact) mass is 259 g/mol. The van der Waals surface area contributed by atoms with Crippen molar-refractivity contribution in [1.29, 1.82) is 0 Å². The smallest absolute Gasteiger partial charge is 0.157 e. The molecule has 0 aromatic carbocycles. The summed E-state index contributed by atoms with van der Waals surface area (Å²) in [6.07, 6.45) is 5.16. The van der Waals surface area contributed by atoms with Gasteiger partial charge >= 0.3 is 0 Å². The minimum absolute atomic E-state index is 0.611. The maximum atomic E-state index is 5.56. The summed E-state index contributed by atoms with van der Waals surface area (Å²) in [6.45, 7) is 3.37. The number of nitrogens with zero attached hydrogens (tertiary/aromatic N) is 3. The molecule has 5 nitrogen and oxygen atoms in total. The highest BCUT2D eigenvalue weighted by atomic mass is 15.3. The van der Waals surface area contributed by atoms with Crippen molar-refractivity contribution in [2.75, 3.05) is 18.4 Å². The lowest BCUT2D eigenvalue weighted by molar-refractivity contribution is 0.685. The van der Waals surface area contributed by atoms with Crippen LogP contribution in [0.4, 0.5) is 5.82 Å². The zero-order valence-electron chi connectivity index (χ0n) is 11.4. The zero-order chi connectivity index (χ0) is 13.2. The lowest BCUT2D eigenvalue weighted by Crippen LogP contribution is -2.15. The van der Waals surface area contributed by atoms with E-state index < -0.39 is 0 Å². The largest absolute Gasteiger partial charge is 0.369 e. The molecule has 0 spiro atoms. The molecule has 5 heteroatoms. The Balaban J connectivity index is 2.00. The van der Waals surface area contributed by atoms with Crippen LogP contribution in [0.2, 0.25) is 0 Å². The molecular weight excluding hydrogens is 238 g/mol. The van der Waals surface area contributed by atoms with Gasteiger partial charge in [-0.15, -0.1) is 0 Å². The van der Waals surface area contributed by atoms with Crippen molar-refractivity contribution >= 4 is 11.5 Å². The summed E-state index contributed by atoms with van der Waals surface area (Å²) in [7, 11) is 0. The van der Waals surface area contributed by atoms with Gasteiger partial charge < -0.3 is 11.1 Å². The number of aryl methyl sites for hydroxylation is 1. The molecule has 1 aliphatic rings. The average Bonchev–Trinajstić information content (AvgIpc) is 3.03. The minimum atomic E-state index is 0.611. The van der Waals surface area contributed by atoms with E-state index in [1.54, 1.807) is 0 Å². The van der Waals surface area contributed by atoms with Crippen LogP contribution in [0, 0.1) is 6.92 Å². The van der Waals surface area contributed by atoms with Crippen LogP contribution in [0.5, 0.6) is 0 Å². The molecule has 0 amide bonds. The van der Waals surface area contributed by atoms with E-state index in [0.29, 0.717) is 12.5 Å². The number of nitrogens with one attached hydrogen (secondary N) is 1. The van der Waals surface area contributed by atoms with Gasteiger partial charge in [-0.2, -0.15) is 9.61 Å². The van der Waals surface area contributed by atoms with Crippen LogP contribution in [-0.2, 0) is 0 Å². The molecule has 0 unspecified atom stereocenters. The van der Waals surface area contributed by atoms with Crippen molar-refractivity contribution in [3.05, 3.63) is 23.5 Å². The molecule has 2 heterocycles. The van der Waals surface area contributed by atoms with Gasteiger partial charge in [0, 0.05) is 36.8 Å². The molecule has 3 N–H and O–H groups in total. The van der Waals surface area contributed by atoms with Gasteiger partial charge in [0.25, 0.3) is 0 Å². The zero-order valence-corrected chi connectivity index (χ0v) is 11.4. The highest BCUT2D eigenvalue weighted by Crippen LogP contribution is 2.33. The van der Waals surface area contributed by atoms with Gasteiger partial charge in [0.15, 0.2) is 5.65 Å². The maximum absolute atomic E-state index is 5.56. The molecule has 2 aromatic heterocycles. The van der Waals surface area contributed by atoms with E-state index in [1.165, 1.54) is 31.4 Å². The van der Waals surface area contributed by atoms with Gasteiger partial charge in [0.05, 0.1) is 5.69 Å². The van der Waals surface area contributed by atoms with Crippen LogP contribution in [-0.4, -0.2) is 27.7 Å². The number of nitrogens with two attached hydrogens (primary N) is 1. The SMILES string of the molecule is Cc1cc(NCCN)n2nc(C3CCCC3)cc2n1. The van der Waals surface area contributed by atoms with E-state index in [9.17, 15) is 0 Å². The Kier molecular flexibility index (Phi) is 3.38. The molecule has 0 radical (unpaired) electrons. The lowest BCUT2D eigenvalue weighted by atomic mass is 10.1. The number of rotatable bonds is 4. The molecule has 102 valence electrons. The molecule has 1 fully saturated rings. The standard InChI is InChI=1S/C14H21N5/c1-10-8-13(16-7-6-15)19-14(17-10)9-12(18-19)11-4-2-3-5-11/h8-9,11,16H,2-7,15H2,1H3. The molecule has 0 aliphatic heterocycles. The molecule has 1 aliphatic carbocycles. The van der Waals surface area contributed by atoms with Crippen LogP contribution in [0.25, 0.3) is 5.65 Å². The van der Waals surface area contributed by atoms with Gasteiger partial charge in [-0.25, -0.2) is 4.98 Å². The highest BCUT2D eigenvalue weighted by Gasteiger charge is 2.20. The molecule has 2 aromatic rings. The normalized spacial score (nSPS) is 16.3. The molecule has 0 atom stereocenters. The van der Waals surface area contributed by atoms with E-state index in [2.05, 4.69) is 16.4 Å². The highest BCUT2D eigenvalue weighted by molar-refractivity contribution is 5.50. The van der Waals surface area contributed by atoms with Crippen LogP contribution < -0.4 is 11.1 Å². The molecular formula is C14H21N5. The Labute approximate surface area is 113 Å². The Morgan fingerprint density at radius 1 is 1.37 bits per heavy atom. The van der Waals surface area contributed by atoms with Crippen molar-refractivity contribution in [1.82, 2.24) is 14.6 Å². The van der Waals surface area contributed by atoms with Gasteiger partial charge in [-0.1, -0.05) is 12.8 Å². The van der Waals surface area contributed by atoms with Crippen LogP contribution >= 0.6 is 0 Å². The molecule has 0 bridgehead atoms. The summed E-state index contributed by atoms with van der Waals surface area (Å²) in [5.41, 5.74) is 8.68. The van der Waals surface area contributed by atoms with Crippen molar-refractivity contribution in [3.8, 4) is 0 Å². The molecule has 19 heavy (non-hydrogen) atoms. The second-order valence-corrected chi connectivity index (χ2v) is 5.32. The van der Waals surface area contributed by atoms with Gasteiger partial charge in [0.2, 0.25) is 0 Å². The topological polar surface area (TPSA) is 68.2 Å². The summed E-state index contributed by atoms with van der Waals surface area (Å²) < 4.78 is 1.91. The van der Waals surface area contributed by atoms with Crippen molar-refractivity contribution in [2.24, 2.45) is 5.73 Å². The Bertz CT molecular complexity index is 568. The maximum Gasteiger partial charge on any atom is 0.157 e. The van der Waals surface area contributed by atoms with Crippen molar-refractivity contribution < 1.29 is 0 Å². The van der Waals surface area contributed by atoms with E-state index in [-0.39, 0.29) is 0 Å². The second-order valence-electron chi connectivity index (χ2n) is 5.32. The second kappa shape index (κ2) is 5.17. The predicted octanol–water partition coefficient (Wildman–Crippen LogP) is 2.07. The summed E-state index contributed by atoms with van der Waals surface area (Å²) >= 11 is 0. The van der Waals surface area contributed by atoms with Crippen LogP contribution in [0.1, 0.15) is 43.0 Å². The van der Waals surface area contributed by atoms with E-state index >= 15 is 0 Å². The first-order valence-electron chi connectivity index (χ1n) is 7.09. The third-order valence-electron chi connectivity index (χ3n) is 3.80. The Hall–Kier alpha value is -1.62. The lowest BCUT2D eigenvalue weighted by Gasteiger charge is -2.08. The van der Waals surface area contributed by atoms with E-state index in [1.807, 2.05) is 17.5 Å². The minimum Gasteiger partial charge on any atom is -0.369 e. The number of fused-ring (bicyclic) bond motifs is 1. The number of anilines is 1. The summed E-state index contributed by atoms with van der Waals surface area (Å²) in [5.74, 6) is 1.60. The summed E-state index contributed by atoms with van der Waals surface area (Å²) in [4.78, 5) is 4.57. The Morgan fingerprint density at radius 2 is 2.16 bits per heavy atom. The predicted molar refractivity (Wildman–Crippen MR) is 76.5 cm³/mol. The van der Waals surface area contributed by atoms with Crippen molar-refractivity contribution in [3.63, 3.8) is 0 Å². The van der Waals surface area contributed by atoms with Crippen LogP contribution in [0.3, 0.4) is 0 Å². The molecule has 3 rings (SSSR count). The number of aromatic nitrogens is 3. The van der Waals surface area contributed by atoms with Crippen LogP contribution in [0.15, 0.2) is 12.1 Å². The first-order valence-corrected chi connectivity index (χ1v) is 7.09. The van der Waals surface area contributed by atoms with E-state index in [0.717, 1.165) is 23.7 Å². The fraction of sp³-hybridized carbons (Fsp3) is 0.571. The van der Waals surface area contributed by atoms with Gasteiger partial charge in [0.1, 0.15) is 5.82 Å². The summed E-state index contributed by atoms with van der Waals surface area (Å²) in [6, 6.07) is 4.16.